The summed E-state index contributed by atoms with van der Waals surface area (Å²) >= 11 is 4.88. The minimum Gasteiger partial charge on any atom is -0.486 e. The molecular formula is C7H10BrNO2S. The van der Waals surface area contributed by atoms with E-state index in [0.29, 0.717) is 0 Å². The van der Waals surface area contributed by atoms with E-state index in [1.165, 1.54) is 11.3 Å². The Morgan fingerprint density at radius 3 is 2.75 bits per heavy atom. The van der Waals surface area contributed by atoms with Gasteiger partial charge in [0.2, 0.25) is 0 Å². The summed E-state index contributed by atoms with van der Waals surface area (Å²) in [5.41, 5.74) is 0. The molecule has 2 N–H and O–H groups in total. The van der Waals surface area contributed by atoms with Gasteiger partial charge < -0.3 is 4.74 Å². The molecule has 0 aliphatic carbocycles. The molecule has 0 saturated heterocycles. The molecule has 0 radical (unpaired) electrons. The average molecular weight is 252 g/mol. The Morgan fingerprint density at radius 1 is 1.67 bits per heavy atom. The normalized spacial score (nSPS) is 13.0. The fraction of sp³-hybridized carbons (Fsp3) is 0.429. The molecule has 0 bridgehead atoms. The average Bonchev–Trinajstić information content (AvgIpc) is 2.45. The van der Waals surface area contributed by atoms with Gasteiger partial charge in [-0.2, -0.15) is 0 Å². The van der Waals surface area contributed by atoms with Crippen LogP contribution in [-0.4, -0.2) is 7.11 Å². The predicted octanol–water partition coefficient (Wildman–Crippen LogP) is 2.47. The third-order valence-electron chi connectivity index (χ3n) is 1.46. The van der Waals surface area contributed by atoms with Crippen molar-refractivity contribution >= 4 is 27.3 Å². The van der Waals surface area contributed by atoms with E-state index in [2.05, 4.69) is 20.8 Å². The molecule has 1 rings (SSSR count). The first-order chi connectivity index (χ1) is 5.69. The van der Waals surface area contributed by atoms with Crippen molar-refractivity contribution in [2.75, 3.05) is 7.11 Å². The van der Waals surface area contributed by atoms with Gasteiger partial charge in [0.05, 0.1) is 11.6 Å². The van der Waals surface area contributed by atoms with E-state index in [9.17, 15) is 0 Å². The fourth-order valence-electron chi connectivity index (χ4n) is 0.776. The van der Waals surface area contributed by atoms with Gasteiger partial charge in [0.1, 0.15) is 6.10 Å². The van der Waals surface area contributed by atoms with Crippen LogP contribution in [0.5, 0.6) is 5.06 Å². The Bertz CT molecular complexity index is 264. The van der Waals surface area contributed by atoms with Gasteiger partial charge in [0.25, 0.3) is 0 Å². The van der Waals surface area contributed by atoms with Gasteiger partial charge >= 0.3 is 0 Å². The first-order valence-electron chi connectivity index (χ1n) is 3.37. The third-order valence-corrected chi connectivity index (χ3v) is 3.57. The summed E-state index contributed by atoms with van der Waals surface area (Å²) < 4.78 is 6.03. The Morgan fingerprint density at radius 2 is 2.33 bits per heavy atom. The van der Waals surface area contributed by atoms with Crippen molar-refractivity contribution < 1.29 is 9.57 Å². The maximum atomic E-state index is 5.10. The number of rotatable bonds is 3. The lowest BCUT2D eigenvalue weighted by atomic mass is 10.3. The smallest absolute Gasteiger partial charge is 0.188 e. The van der Waals surface area contributed by atoms with Crippen molar-refractivity contribution in [3.63, 3.8) is 0 Å². The molecule has 3 nitrogen and oxygen atoms in total. The lowest BCUT2D eigenvalue weighted by molar-refractivity contribution is 0.0689. The van der Waals surface area contributed by atoms with Crippen LogP contribution in [0, 0.1) is 0 Å². The Labute approximate surface area is 83.6 Å². The number of ether oxygens (including phenoxy) is 1. The molecule has 1 unspecified atom stereocenters. The SMILES string of the molecule is COc1sc(C(C)ON)cc1Br. The molecule has 0 saturated carbocycles. The maximum absolute atomic E-state index is 5.10. The van der Waals surface area contributed by atoms with E-state index < -0.39 is 0 Å². The number of hydrogen-bond donors (Lipinski definition) is 1. The van der Waals surface area contributed by atoms with Gasteiger partial charge in [-0.05, 0) is 28.9 Å². The van der Waals surface area contributed by atoms with E-state index in [1.807, 2.05) is 13.0 Å². The highest BCUT2D eigenvalue weighted by atomic mass is 79.9. The van der Waals surface area contributed by atoms with E-state index in [4.69, 9.17) is 10.6 Å². The molecule has 0 spiro atoms. The summed E-state index contributed by atoms with van der Waals surface area (Å²) in [6.07, 6.45) is -0.0878. The van der Waals surface area contributed by atoms with Crippen LogP contribution in [0.4, 0.5) is 0 Å². The quantitative estimate of drug-likeness (QED) is 0.840. The standard InChI is InChI=1S/C7H10BrNO2S/c1-4(11-9)6-3-5(8)7(10-2)12-6/h3-4H,9H2,1-2H3. The molecule has 1 heterocycles. The van der Waals surface area contributed by atoms with Gasteiger partial charge in [-0.25, -0.2) is 5.90 Å². The summed E-state index contributed by atoms with van der Waals surface area (Å²) in [5, 5.41) is 0.842. The predicted molar refractivity (Wildman–Crippen MR) is 52.3 cm³/mol. The van der Waals surface area contributed by atoms with Crippen LogP contribution in [0.3, 0.4) is 0 Å². The molecule has 0 fully saturated rings. The van der Waals surface area contributed by atoms with Crippen molar-refractivity contribution in [1.29, 1.82) is 0 Å². The van der Waals surface area contributed by atoms with Crippen molar-refractivity contribution in [3.05, 3.63) is 15.4 Å². The summed E-state index contributed by atoms with van der Waals surface area (Å²) in [5.74, 6) is 5.06. The Kier molecular flexibility index (Phi) is 3.52. The molecule has 0 aliphatic heterocycles. The molecule has 12 heavy (non-hydrogen) atoms. The van der Waals surface area contributed by atoms with E-state index in [0.717, 1.165) is 14.4 Å². The van der Waals surface area contributed by atoms with Crippen molar-refractivity contribution in [2.24, 2.45) is 5.90 Å². The highest BCUT2D eigenvalue weighted by molar-refractivity contribution is 9.10. The topological polar surface area (TPSA) is 44.5 Å². The summed E-state index contributed by atoms with van der Waals surface area (Å²) in [6.45, 7) is 1.89. The molecule has 0 amide bonds. The van der Waals surface area contributed by atoms with Crippen LogP contribution in [-0.2, 0) is 4.84 Å². The van der Waals surface area contributed by atoms with Gasteiger partial charge in [-0.15, -0.1) is 11.3 Å². The van der Waals surface area contributed by atoms with E-state index >= 15 is 0 Å². The number of thiophene rings is 1. The minimum absolute atomic E-state index is 0.0878. The van der Waals surface area contributed by atoms with Crippen LogP contribution in [0.1, 0.15) is 17.9 Å². The minimum atomic E-state index is -0.0878. The second-order valence-corrected chi connectivity index (χ2v) is 4.17. The highest BCUT2D eigenvalue weighted by Crippen LogP contribution is 2.37. The molecule has 1 aromatic rings. The number of hydrogen-bond acceptors (Lipinski definition) is 4. The zero-order valence-corrected chi connectivity index (χ0v) is 9.24. The molecule has 68 valence electrons. The Balaban J connectivity index is 2.88. The fourth-order valence-corrected chi connectivity index (χ4v) is 2.43. The lowest BCUT2D eigenvalue weighted by Crippen LogP contribution is -2.03. The third kappa shape index (κ3) is 1.98. The van der Waals surface area contributed by atoms with Gasteiger partial charge in [0, 0.05) is 4.88 Å². The zero-order valence-electron chi connectivity index (χ0n) is 6.83. The van der Waals surface area contributed by atoms with Crippen LogP contribution in [0.25, 0.3) is 0 Å². The zero-order chi connectivity index (χ0) is 9.14. The summed E-state index contributed by atoms with van der Waals surface area (Å²) in [6, 6.07) is 1.95. The monoisotopic (exact) mass is 251 g/mol. The van der Waals surface area contributed by atoms with Crippen LogP contribution in [0.2, 0.25) is 0 Å². The Hall–Kier alpha value is -0.100. The van der Waals surface area contributed by atoms with E-state index in [1.54, 1.807) is 7.11 Å². The molecule has 0 aliphatic rings. The number of nitrogens with two attached hydrogens (primary N) is 1. The molecule has 5 heteroatoms. The highest BCUT2D eigenvalue weighted by Gasteiger charge is 2.12. The lowest BCUT2D eigenvalue weighted by Gasteiger charge is -2.03. The second kappa shape index (κ2) is 4.23. The van der Waals surface area contributed by atoms with Crippen molar-refractivity contribution in [1.82, 2.24) is 0 Å². The maximum Gasteiger partial charge on any atom is 0.188 e. The van der Waals surface area contributed by atoms with Crippen LogP contribution in [0.15, 0.2) is 10.5 Å². The van der Waals surface area contributed by atoms with Crippen LogP contribution >= 0.6 is 27.3 Å². The summed E-state index contributed by atoms with van der Waals surface area (Å²) in [4.78, 5) is 5.73. The first kappa shape index (κ1) is 9.98. The van der Waals surface area contributed by atoms with Gasteiger partial charge in [-0.1, -0.05) is 0 Å². The number of methoxy groups -OCH3 is 1. The first-order valence-corrected chi connectivity index (χ1v) is 4.98. The molecular weight excluding hydrogens is 242 g/mol. The van der Waals surface area contributed by atoms with E-state index in [-0.39, 0.29) is 6.10 Å². The molecule has 1 aromatic heterocycles. The second-order valence-electron chi connectivity index (χ2n) is 2.27. The molecule has 1 atom stereocenters. The van der Waals surface area contributed by atoms with Crippen LogP contribution < -0.4 is 10.6 Å². The van der Waals surface area contributed by atoms with Crippen molar-refractivity contribution in [2.45, 2.75) is 13.0 Å². The van der Waals surface area contributed by atoms with Crippen molar-refractivity contribution in [3.8, 4) is 5.06 Å². The summed E-state index contributed by atoms with van der Waals surface area (Å²) in [7, 11) is 1.63. The van der Waals surface area contributed by atoms with Gasteiger partial charge in [-0.3, -0.25) is 4.84 Å². The molecule has 0 aromatic carbocycles. The number of halogens is 1. The van der Waals surface area contributed by atoms with Gasteiger partial charge in [0.15, 0.2) is 5.06 Å². The largest absolute Gasteiger partial charge is 0.486 e.